The van der Waals surface area contributed by atoms with Crippen molar-refractivity contribution >= 4 is 56.0 Å². The normalized spacial score (nSPS) is 10.7. The summed E-state index contributed by atoms with van der Waals surface area (Å²) in [6, 6.07) is 15.5. The van der Waals surface area contributed by atoms with Crippen LogP contribution in [0.3, 0.4) is 0 Å². The van der Waals surface area contributed by atoms with Crippen molar-refractivity contribution in [2.75, 3.05) is 12.4 Å². The van der Waals surface area contributed by atoms with Crippen LogP contribution < -0.4 is 15.4 Å². The molecule has 3 aromatic carbocycles. The highest BCUT2D eigenvalue weighted by molar-refractivity contribution is 9.10. The number of hydrogen-bond donors (Lipinski definition) is 3. The van der Waals surface area contributed by atoms with Crippen LogP contribution in [0.25, 0.3) is 22.6 Å². The number of oxazole rings is 1. The average molecular weight is 512 g/mol. The molecule has 7 nitrogen and oxygen atoms in total. The van der Waals surface area contributed by atoms with Crippen LogP contribution >= 0.6 is 28.1 Å². The zero-order valence-corrected chi connectivity index (χ0v) is 19.5. The standard InChI is InChI=1S/C23H18BrN3O4S/c1-12-3-7-20-17(9-12)26-22(31-20)15-6-5-14(11-18(15)28)25-23(32)27-21(29)13-4-8-19(30-2)16(24)10-13/h3-11,28H,1-2H3,(H2,25,27,29,32). The van der Waals surface area contributed by atoms with E-state index in [9.17, 15) is 9.90 Å². The van der Waals surface area contributed by atoms with E-state index in [1.54, 1.807) is 37.4 Å². The molecule has 3 N–H and O–H groups in total. The predicted molar refractivity (Wildman–Crippen MR) is 130 cm³/mol. The van der Waals surface area contributed by atoms with Gasteiger partial charge in [0.05, 0.1) is 17.1 Å². The summed E-state index contributed by atoms with van der Waals surface area (Å²) in [4.78, 5) is 16.9. The van der Waals surface area contributed by atoms with E-state index in [-0.39, 0.29) is 16.8 Å². The molecule has 0 unspecified atom stereocenters. The zero-order chi connectivity index (χ0) is 22.8. The number of hydrogen-bond acceptors (Lipinski definition) is 6. The summed E-state index contributed by atoms with van der Waals surface area (Å²) in [5.41, 5.74) is 3.78. The number of rotatable bonds is 4. The molecule has 0 saturated carbocycles. The molecule has 0 fully saturated rings. The number of halogens is 1. The molecule has 32 heavy (non-hydrogen) atoms. The quantitative estimate of drug-likeness (QED) is 0.315. The fourth-order valence-corrected chi connectivity index (χ4v) is 3.84. The number of fused-ring (bicyclic) bond motifs is 1. The summed E-state index contributed by atoms with van der Waals surface area (Å²) in [6.45, 7) is 1.97. The van der Waals surface area contributed by atoms with Crippen molar-refractivity contribution in [1.82, 2.24) is 10.3 Å². The largest absolute Gasteiger partial charge is 0.507 e. The molecular weight excluding hydrogens is 494 g/mol. The first-order chi connectivity index (χ1) is 15.3. The van der Waals surface area contributed by atoms with Gasteiger partial charge in [-0.3, -0.25) is 10.1 Å². The molecule has 9 heteroatoms. The van der Waals surface area contributed by atoms with Crippen molar-refractivity contribution in [3.8, 4) is 23.0 Å². The maximum Gasteiger partial charge on any atom is 0.257 e. The predicted octanol–water partition coefficient (Wildman–Crippen LogP) is 5.41. The molecule has 0 aliphatic carbocycles. The molecule has 0 aliphatic rings. The molecule has 1 amide bonds. The van der Waals surface area contributed by atoms with E-state index in [4.69, 9.17) is 21.4 Å². The number of carbonyl (C=O) groups is 1. The van der Waals surface area contributed by atoms with Gasteiger partial charge in [0.2, 0.25) is 5.89 Å². The molecule has 1 aromatic heterocycles. The van der Waals surface area contributed by atoms with Gasteiger partial charge in [-0.15, -0.1) is 0 Å². The Morgan fingerprint density at radius 2 is 1.97 bits per heavy atom. The Bertz CT molecular complexity index is 1350. The summed E-state index contributed by atoms with van der Waals surface area (Å²) in [5.74, 6) is 0.516. The van der Waals surface area contributed by atoms with Crippen molar-refractivity contribution in [3.63, 3.8) is 0 Å². The number of aromatic nitrogens is 1. The summed E-state index contributed by atoms with van der Waals surface area (Å²) in [6.07, 6.45) is 0. The van der Waals surface area contributed by atoms with E-state index in [0.29, 0.717) is 38.5 Å². The number of aryl methyl sites for hydroxylation is 1. The van der Waals surface area contributed by atoms with Crippen LogP contribution in [0.5, 0.6) is 11.5 Å². The van der Waals surface area contributed by atoms with Crippen molar-refractivity contribution in [2.45, 2.75) is 6.92 Å². The van der Waals surface area contributed by atoms with Gasteiger partial charge in [-0.25, -0.2) is 4.98 Å². The number of nitrogens with zero attached hydrogens (tertiary/aromatic N) is 1. The fraction of sp³-hybridized carbons (Fsp3) is 0.0870. The van der Waals surface area contributed by atoms with Gasteiger partial charge in [0.25, 0.3) is 5.91 Å². The third kappa shape index (κ3) is 4.58. The highest BCUT2D eigenvalue weighted by Crippen LogP contribution is 2.33. The van der Waals surface area contributed by atoms with Crippen LogP contribution in [-0.2, 0) is 0 Å². The SMILES string of the molecule is COc1ccc(C(=O)NC(=S)Nc2ccc(-c3nc4cc(C)ccc4o3)c(O)c2)cc1Br. The Labute approximate surface area is 197 Å². The average Bonchev–Trinajstić information content (AvgIpc) is 3.16. The van der Waals surface area contributed by atoms with E-state index in [2.05, 4.69) is 31.5 Å². The molecule has 0 bridgehead atoms. The maximum atomic E-state index is 12.4. The molecule has 0 atom stereocenters. The first kappa shape index (κ1) is 21.8. The Kier molecular flexibility index (Phi) is 6.11. The molecule has 162 valence electrons. The van der Waals surface area contributed by atoms with Crippen LogP contribution in [0.2, 0.25) is 0 Å². The number of thiocarbonyl (C=S) groups is 1. The summed E-state index contributed by atoms with van der Waals surface area (Å²) >= 11 is 8.58. The van der Waals surface area contributed by atoms with Crippen molar-refractivity contribution in [3.05, 3.63) is 70.2 Å². The second kappa shape index (κ2) is 8.97. The summed E-state index contributed by atoms with van der Waals surface area (Å²) < 4.78 is 11.6. The number of phenols is 1. The molecule has 0 spiro atoms. The number of carbonyl (C=O) groups excluding carboxylic acids is 1. The lowest BCUT2D eigenvalue weighted by Crippen LogP contribution is -2.34. The molecule has 0 radical (unpaired) electrons. The van der Waals surface area contributed by atoms with Gasteiger partial charge in [0.1, 0.15) is 17.0 Å². The number of nitrogens with one attached hydrogen (secondary N) is 2. The van der Waals surface area contributed by atoms with E-state index >= 15 is 0 Å². The van der Waals surface area contributed by atoms with Crippen molar-refractivity contribution < 1.29 is 19.1 Å². The topological polar surface area (TPSA) is 96.6 Å². The monoisotopic (exact) mass is 511 g/mol. The van der Waals surface area contributed by atoms with Gasteiger partial charge in [-0.05, 0) is 83.1 Å². The minimum Gasteiger partial charge on any atom is -0.507 e. The molecule has 4 aromatic rings. The number of anilines is 1. The van der Waals surface area contributed by atoms with Gasteiger partial charge >= 0.3 is 0 Å². The second-order valence-corrected chi connectivity index (χ2v) is 8.24. The lowest BCUT2D eigenvalue weighted by molar-refractivity contribution is 0.0977. The van der Waals surface area contributed by atoms with Crippen molar-refractivity contribution in [2.24, 2.45) is 0 Å². The number of benzene rings is 3. The lowest BCUT2D eigenvalue weighted by Gasteiger charge is -2.11. The highest BCUT2D eigenvalue weighted by atomic mass is 79.9. The summed E-state index contributed by atoms with van der Waals surface area (Å²) in [7, 11) is 1.55. The van der Waals surface area contributed by atoms with Gasteiger partial charge in [0.15, 0.2) is 10.7 Å². The van der Waals surface area contributed by atoms with Gasteiger partial charge in [0, 0.05) is 17.3 Å². The molecule has 1 heterocycles. The van der Waals surface area contributed by atoms with Crippen LogP contribution in [0.4, 0.5) is 5.69 Å². The van der Waals surface area contributed by atoms with Crippen LogP contribution in [0, 0.1) is 6.92 Å². The number of amides is 1. The smallest absolute Gasteiger partial charge is 0.257 e. The Balaban J connectivity index is 1.46. The fourth-order valence-electron chi connectivity index (χ4n) is 3.09. The van der Waals surface area contributed by atoms with Gasteiger partial charge in [-0.2, -0.15) is 0 Å². The molecule has 4 rings (SSSR count). The summed E-state index contributed by atoms with van der Waals surface area (Å²) in [5, 5.41) is 16.1. The zero-order valence-electron chi connectivity index (χ0n) is 17.1. The number of ether oxygens (including phenoxy) is 1. The first-order valence-electron chi connectivity index (χ1n) is 9.50. The van der Waals surface area contributed by atoms with E-state index < -0.39 is 0 Å². The highest BCUT2D eigenvalue weighted by Gasteiger charge is 2.14. The van der Waals surface area contributed by atoms with Crippen molar-refractivity contribution in [1.29, 1.82) is 0 Å². The van der Waals surface area contributed by atoms with E-state index in [1.807, 2.05) is 25.1 Å². The maximum absolute atomic E-state index is 12.4. The molecule has 0 saturated heterocycles. The molecule has 0 aliphatic heterocycles. The van der Waals surface area contributed by atoms with E-state index in [0.717, 1.165) is 11.1 Å². The van der Waals surface area contributed by atoms with E-state index in [1.165, 1.54) is 6.07 Å². The number of methoxy groups -OCH3 is 1. The Morgan fingerprint density at radius 1 is 1.16 bits per heavy atom. The Hall–Kier alpha value is -3.43. The van der Waals surface area contributed by atoms with Gasteiger partial charge in [-0.1, -0.05) is 6.07 Å². The minimum absolute atomic E-state index is 0.0357. The van der Waals surface area contributed by atoms with Gasteiger partial charge < -0.3 is 19.6 Å². The van der Waals surface area contributed by atoms with Crippen LogP contribution in [-0.4, -0.2) is 28.2 Å². The third-order valence-electron chi connectivity index (χ3n) is 4.67. The lowest BCUT2D eigenvalue weighted by atomic mass is 10.2. The Morgan fingerprint density at radius 3 is 2.69 bits per heavy atom. The van der Waals surface area contributed by atoms with Crippen LogP contribution in [0.1, 0.15) is 15.9 Å². The van der Waals surface area contributed by atoms with Crippen LogP contribution in [0.15, 0.2) is 63.5 Å². The number of phenolic OH excluding ortho intramolecular Hbond substituents is 1. The first-order valence-corrected chi connectivity index (χ1v) is 10.7. The third-order valence-corrected chi connectivity index (χ3v) is 5.49. The second-order valence-electron chi connectivity index (χ2n) is 6.98. The number of aromatic hydroxyl groups is 1. The molecular formula is C23H18BrN3O4S. The minimum atomic E-state index is -0.381.